The van der Waals surface area contributed by atoms with Crippen molar-refractivity contribution in [1.82, 2.24) is 9.62 Å². The van der Waals surface area contributed by atoms with Gasteiger partial charge in [-0.15, -0.1) is 0 Å². The molecule has 1 N–H and O–H groups in total. The van der Waals surface area contributed by atoms with Gasteiger partial charge in [0.15, 0.2) is 0 Å². The first-order valence-electron chi connectivity index (χ1n) is 2.89. The van der Waals surface area contributed by atoms with Crippen LogP contribution in [-0.4, -0.2) is 28.7 Å². The van der Waals surface area contributed by atoms with Crippen molar-refractivity contribution >= 4 is 17.2 Å². The third-order valence-corrected chi connectivity index (χ3v) is 1.76. The maximum absolute atomic E-state index is 10.5. The Hall–Kier alpha value is -0.780. The molecule has 0 amide bonds. The number of hydrogen-bond donors (Lipinski definition) is 1. The summed E-state index contributed by atoms with van der Waals surface area (Å²) in [5.74, 6) is 0.515. The number of guanidine groups is 1. The average Bonchev–Trinajstić information content (AvgIpc) is 2.34. The molecular weight excluding hydrogens is 154 g/mol. The Morgan fingerprint density at radius 3 is 3.00 bits per heavy atom. The highest BCUT2D eigenvalue weighted by Gasteiger charge is 2.16. The second kappa shape index (κ2) is 2.87. The van der Waals surface area contributed by atoms with Crippen LogP contribution in [0.2, 0.25) is 0 Å². The zero-order valence-electron chi connectivity index (χ0n) is 5.83. The van der Waals surface area contributed by atoms with E-state index in [2.05, 4.69) is 14.2 Å². The van der Waals surface area contributed by atoms with Crippen LogP contribution in [-0.2, 0) is 15.6 Å². The predicted molar refractivity (Wildman–Crippen MR) is 38.1 cm³/mol. The van der Waals surface area contributed by atoms with Gasteiger partial charge in [0.05, 0.1) is 0 Å². The number of nitrogens with one attached hydrogen (secondary N) is 1. The Kier molecular flexibility index (Phi) is 2.10. The summed E-state index contributed by atoms with van der Waals surface area (Å²) in [5.41, 5.74) is 0. The number of nitrogens with zero attached hydrogens (tertiary/aromatic N) is 2. The van der Waals surface area contributed by atoms with E-state index in [4.69, 9.17) is 0 Å². The molecule has 0 aromatic heterocycles. The number of hydrogen-bond acceptors (Lipinski definition) is 4. The van der Waals surface area contributed by atoms with E-state index in [1.807, 2.05) is 14.0 Å². The van der Waals surface area contributed by atoms with Crippen molar-refractivity contribution in [2.45, 2.75) is 6.92 Å². The standard InChI is InChI=1S/C4H9N3O2S/c1-3-7(2)4-5-9-10(8)6-4/h3H2,1-2H3,(H,5,6). The van der Waals surface area contributed by atoms with Gasteiger partial charge >= 0.3 is 11.3 Å². The lowest BCUT2D eigenvalue weighted by Gasteiger charge is -2.12. The second-order valence-electron chi connectivity index (χ2n) is 1.84. The molecule has 5 nitrogen and oxygen atoms in total. The summed E-state index contributed by atoms with van der Waals surface area (Å²) in [4.78, 5) is 1.80. The van der Waals surface area contributed by atoms with Crippen LogP contribution in [0.1, 0.15) is 6.92 Å². The Labute approximate surface area is 61.8 Å². The van der Waals surface area contributed by atoms with Gasteiger partial charge in [-0.25, -0.2) is 4.72 Å². The summed E-state index contributed by atoms with van der Waals surface area (Å²) in [6, 6.07) is 0. The highest BCUT2D eigenvalue weighted by molar-refractivity contribution is 7.79. The molecule has 0 radical (unpaired) electrons. The molecule has 58 valence electrons. The van der Waals surface area contributed by atoms with Gasteiger partial charge < -0.3 is 4.90 Å². The van der Waals surface area contributed by atoms with E-state index in [0.29, 0.717) is 5.96 Å². The molecule has 0 aromatic rings. The zero-order valence-corrected chi connectivity index (χ0v) is 6.64. The molecule has 0 aliphatic carbocycles. The average molecular weight is 163 g/mol. The largest absolute Gasteiger partial charge is 0.343 e. The van der Waals surface area contributed by atoms with E-state index in [1.54, 1.807) is 4.90 Å². The molecule has 1 atom stereocenters. The lowest BCUT2D eigenvalue weighted by molar-refractivity contribution is 0.375. The van der Waals surface area contributed by atoms with Crippen molar-refractivity contribution in [3.63, 3.8) is 0 Å². The number of rotatable bonds is 1. The summed E-state index contributed by atoms with van der Waals surface area (Å²) in [6.45, 7) is 2.76. The summed E-state index contributed by atoms with van der Waals surface area (Å²) in [5, 5.41) is 3.52. The van der Waals surface area contributed by atoms with Crippen LogP contribution >= 0.6 is 0 Å². The van der Waals surface area contributed by atoms with Crippen LogP contribution in [0.5, 0.6) is 0 Å². The fourth-order valence-corrected chi connectivity index (χ4v) is 0.996. The third kappa shape index (κ3) is 1.38. The van der Waals surface area contributed by atoms with Gasteiger partial charge in [-0.3, -0.25) is 4.28 Å². The summed E-state index contributed by atoms with van der Waals surface area (Å²) >= 11 is -1.47. The van der Waals surface area contributed by atoms with Gasteiger partial charge in [0.25, 0.3) is 5.96 Å². The fraction of sp³-hybridized carbons (Fsp3) is 0.750. The minimum Gasteiger partial charge on any atom is -0.343 e. The first kappa shape index (κ1) is 7.33. The molecule has 10 heavy (non-hydrogen) atoms. The smallest absolute Gasteiger partial charge is 0.339 e. The normalized spacial score (nSPS) is 23.0. The summed E-state index contributed by atoms with van der Waals surface area (Å²) < 4.78 is 17.4. The third-order valence-electron chi connectivity index (χ3n) is 1.20. The SMILES string of the molecule is CCN(C)C1=NOS(=O)N1. The zero-order chi connectivity index (χ0) is 7.56. The van der Waals surface area contributed by atoms with E-state index in [0.717, 1.165) is 6.54 Å². The lowest BCUT2D eigenvalue weighted by atomic mass is 10.6. The van der Waals surface area contributed by atoms with Crippen LogP contribution < -0.4 is 4.72 Å². The van der Waals surface area contributed by atoms with Crippen LogP contribution in [0.3, 0.4) is 0 Å². The first-order chi connectivity index (χ1) is 4.74. The maximum atomic E-state index is 10.5. The molecule has 0 fully saturated rings. The second-order valence-corrected chi connectivity index (χ2v) is 2.66. The molecule has 0 spiro atoms. The Balaban J connectivity index is 2.50. The molecule has 1 rings (SSSR count). The molecule has 1 aliphatic heterocycles. The van der Waals surface area contributed by atoms with Crippen molar-refractivity contribution in [2.24, 2.45) is 5.16 Å². The summed E-state index contributed by atoms with van der Waals surface area (Å²) in [6.07, 6.45) is 0. The Morgan fingerprint density at radius 1 is 1.90 bits per heavy atom. The first-order valence-corrected chi connectivity index (χ1v) is 3.96. The van der Waals surface area contributed by atoms with Crippen molar-refractivity contribution in [2.75, 3.05) is 13.6 Å². The van der Waals surface area contributed by atoms with E-state index >= 15 is 0 Å². The monoisotopic (exact) mass is 163 g/mol. The van der Waals surface area contributed by atoms with Crippen molar-refractivity contribution in [1.29, 1.82) is 0 Å². The van der Waals surface area contributed by atoms with E-state index in [-0.39, 0.29) is 0 Å². The molecule has 6 heteroatoms. The maximum Gasteiger partial charge on any atom is 0.339 e. The Morgan fingerprint density at radius 2 is 2.60 bits per heavy atom. The molecular formula is C4H9N3O2S. The van der Waals surface area contributed by atoms with Gasteiger partial charge in [0.2, 0.25) is 0 Å². The van der Waals surface area contributed by atoms with Crippen molar-refractivity contribution in [3.8, 4) is 0 Å². The van der Waals surface area contributed by atoms with Gasteiger partial charge in [0.1, 0.15) is 0 Å². The van der Waals surface area contributed by atoms with Gasteiger partial charge in [0, 0.05) is 13.6 Å². The van der Waals surface area contributed by atoms with E-state index in [9.17, 15) is 4.21 Å². The molecule has 0 bridgehead atoms. The number of oxime groups is 1. The van der Waals surface area contributed by atoms with Gasteiger partial charge in [-0.1, -0.05) is 0 Å². The Bertz CT molecular complexity index is 181. The van der Waals surface area contributed by atoms with Gasteiger partial charge in [-0.05, 0) is 12.1 Å². The summed E-state index contributed by atoms with van der Waals surface area (Å²) in [7, 11) is 1.83. The highest BCUT2D eigenvalue weighted by Crippen LogP contribution is 1.96. The van der Waals surface area contributed by atoms with E-state index < -0.39 is 11.3 Å². The molecule has 0 saturated carbocycles. The van der Waals surface area contributed by atoms with Crippen molar-refractivity contribution in [3.05, 3.63) is 0 Å². The van der Waals surface area contributed by atoms with Gasteiger partial charge in [-0.2, -0.15) is 4.21 Å². The van der Waals surface area contributed by atoms with Crippen LogP contribution in [0.4, 0.5) is 0 Å². The minimum atomic E-state index is -1.47. The molecule has 1 unspecified atom stereocenters. The van der Waals surface area contributed by atoms with Crippen LogP contribution in [0.25, 0.3) is 0 Å². The fourth-order valence-electron chi connectivity index (χ4n) is 0.478. The molecule has 0 saturated heterocycles. The predicted octanol–water partition coefficient (Wildman–Crippen LogP) is -0.592. The minimum absolute atomic E-state index is 0.515. The van der Waals surface area contributed by atoms with E-state index in [1.165, 1.54) is 0 Å². The molecule has 0 aromatic carbocycles. The quantitative estimate of drug-likeness (QED) is 0.562. The lowest BCUT2D eigenvalue weighted by Crippen LogP contribution is -2.35. The highest BCUT2D eigenvalue weighted by atomic mass is 32.2. The van der Waals surface area contributed by atoms with Crippen molar-refractivity contribution < 1.29 is 8.49 Å². The topological polar surface area (TPSA) is 53.9 Å². The molecule has 1 aliphatic rings. The van der Waals surface area contributed by atoms with Crippen LogP contribution in [0.15, 0.2) is 5.16 Å². The van der Waals surface area contributed by atoms with Crippen LogP contribution in [0, 0.1) is 0 Å². The molecule has 1 heterocycles.